The quantitative estimate of drug-likeness (QED) is 0.773. The number of nitrogens with zero attached hydrogens (tertiary/aromatic N) is 1. The van der Waals surface area contributed by atoms with E-state index in [4.69, 9.17) is 10.00 Å². The maximum atomic E-state index is 12.3. The highest BCUT2D eigenvalue weighted by Gasteiger charge is 2.28. The molecule has 1 amide bonds. The van der Waals surface area contributed by atoms with Gasteiger partial charge in [-0.1, -0.05) is 30.3 Å². The molecule has 0 saturated carbocycles. The first-order valence-electron chi connectivity index (χ1n) is 6.89. The monoisotopic (exact) mass is 304 g/mol. The zero-order valence-electron chi connectivity index (χ0n) is 12.9. The molecule has 0 aliphatic rings. The van der Waals surface area contributed by atoms with Crippen LogP contribution in [0.4, 0.5) is 0 Å². The van der Waals surface area contributed by atoms with Crippen LogP contribution in [0.2, 0.25) is 0 Å². The van der Waals surface area contributed by atoms with Crippen LogP contribution < -0.4 is 5.32 Å². The van der Waals surface area contributed by atoms with Crippen molar-refractivity contribution in [1.29, 1.82) is 5.26 Å². The third kappa shape index (κ3) is 4.86. The fourth-order valence-corrected chi connectivity index (χ4v) is 2.03. The van der Waals surface area contributed by atoms with Gasteiger partial charge in [-0.25, -0.2) is 4.79 Å². The molecule has 6 nitrogen and oxygen atoms in total. The minimum absolute atomic E-state index is 0.181. The van der Waals surface area contributed by atoms with Crippen molar-refractivity contribution < 1.29 is 19.1 Å². The summed E-state index contributed by atoms with van der Waals surface area (Å²) < 4.78 is 9.89. The number of methoxy groups -OCH3 is 2. The van der Waals surface area contributed by atoms with Gasteiger partial charge in [0.2, 0.25) is 0 Å². The van der Waals surface area contributed by atoms with Crippen LogP contribution in [0.1, 0.15) is 25.0 Å². The molecule has 0 aromatic heterocycles. The van der Waals surface area contributed by atoms with Crippen LogP contribution in [-0.2, 0) is 19.1 Å². The fraction of sp³-hybridized carbons (Fsp3) is 0.438. The van der Waals surface area contributed by atoms with Gasteiger partial charge in [0.25, 0.3) is 5.91 Å². The van der Waals surface area contributed by atoms with E-state index in [-0.39, 0.29) is 12.3 Å². The number of nitriles is 1. The lowest BCUT2D eigenvalue weighted by atomic mass is 10.0. The van der Waals surface area contributed by atoms with Crippen LogP contribution >= 0.6 is 0 Å². The van der Waals surface area contributed by atoms with E-state index in [2.05, 4.69) is 10.1 Å². The summed E-state index contributed by atoms with van der Waals surface area (Å²) in [5.74, 6) is -1.42. The second kappa shape index (κ2) is 8.80. The highest BCUT2D eigenvalue weighted by atomic mass is 16.5. The van der Waals surface area contributed by atoms with Crippen molar-refractivity contribution in [2.45, 2.75) is 25.5 Å². The fourth-order valence-electron chi connectivity index (χ4n) is 2.03. The predicted octanol–water partition coefficient (Wildman–Crippen LogP) is 1.58. The molecule has 0 unspecified atom stereocenters. The van der Waals surface area contributed by atoms with Gasteiger partial charge < -0.3 is 14.8 Å². The van der Waals surface area contributed by atoms with Gasteiger partial charge in [-0.15, -0.1) is 0 Å². The number of hydrogen-bond acceptors (Lipinski definition) is 5. The molecule has 0 bridgehead atoms. The summed E-state index contributed by atoms with van der Waals surface area (Å²) in [4.78, 5) is 24.1. The van der Waals surface area contributed by atoms with E-state index in [0.29, 0.717) is 5.56 Å². The molecule has 0 heterocycles. The Balaban J connectivity index is 2.85. The number of benzene rings is 1. The highest BCUT2D eigenvalue weighted by molar-refractivity contribution is 5.87. The Hall–Kier alpha value is -2.39. The maximum Gasteiger partial charge on any atom is 0.328 e. The van der Waals surface area contributed by atoms with Crippen molar-refractivity contribution in [3.63, 3.8) is 0 Å². The van der Waals surface area contributed by atoms with Gasteiger partial charge in [-0.3, -0.25) is 4.79 Å². The van der Waals surface area contributed by atoms with Gasteiger partial charge in [0.05, 0.1) is 13.2 Å². The molecule has 1 rings (SSSR count). The standard InChI is InChI=1S/C16H20N2O4/c1-11(10-17)9-13(16(20)22-3)18-15(19)14(21-2)12-7-5-4-6-8-12/h4-8,11,13-14H,9H2,1-3H3,(H,18,19)/t11-,13+,14+/m0/s1. The normalized spacial score (nSPS) is 14.3. The van der Waals surface area contributed by atoms with E-state index in [1.165, 1.54) is 14.2 Å². The zero-order valence-corrected chi connectivity index (χ0v) is 12.9. The summed E-state index contributed by atoms with van der Waals surface area (Å²) in [5.41, 5.74) is 0.680. The van der Waals surface area contributed by atoms with Gasteiger partial charge in [0.15, 0.2) is 6.10 Å². The third-order valence-corrected chi connectivity index (χ3v) is 3.19. The topological polar surface area (TPSA) is 88.4 Å². The number of ether oxygens (including phenoxy) is 2. The first-order chi connectivity index (χ1) is 10.5. The van der Waals surface area contributed by atoms with E-state index in [9.17, 15) is 9.59 Å². The maximum absolute atomic E-state index is 12.3. The van der Waals surface area contributed by atoms with Gasteiger partial charge in [-0.2, -0.15) is 5.26 Å². The molecule has 6 heteroatoms. The van der Waals surface area contributed by atoms with E-state index < -0.39 is 24.0 Å². The van der Waals surface area contributed by atoms with Crippen LogP contribution in [0.25, 0.3) is 0 Å². The van der Waals surface area contributed by atoms with Crippen LogP contribution in [0.5, 0.6) is 0 Å². The van der Waals surface area contributed by atoms with E-state index in [0.717, 1.165) is 0 Å². The van der Waals surface area contributed by atoms with Gasteiger partial charge in [0, 0.05) is 13.0 Å². The second-order valence-electron chi connectivity index (χ2n) is 4.88. The molecule has 1 aromatic carbocycles. The lowest BCUT2D eigenvalue weighted by Gasteiger charge is -2.21. The van der Waals surface area contributed by atoms with Crippen molar-refractivity contribution in [1.82, 2.24) is 5.32 Å². The summed E-state index contributed by atoms with van der Waals surface area (Å²) in [6.07, 6.45) is -0.647. The van der Waals surface area contributed by atoms with Crippen LogP contribution in [-0.4, -0.2) is 32.1 Å². The minimum Gasteiger partial charge on any atom is -0.467 e. The lowest BCUT2D eigenvalue weighted by Crippen LogP contribution is -2.44. The Morgan fingerprint density at radius 1 is 1.27 bits per heavy atom. The van der Waals surface area contributed by atoms with E-state index >= 15 is 0 Å². The zero-order chi connectivity index (χ0) is 16.5. The van der Waals surface area contributed by atoms with Crippen molar-refractivity contribution in [2.24, 2.45) is 5.92 Å². The van der Waals surface area contributed by atoms with Gasteiger partial charge in [0.1, 0.15) is 6.04 Å². The second-order valence-corrected chi connectivity index (χ2v) is 4.88. The molecule has 1 N–H and O–H groups in total. The van der Waals surface area contributed by atoms with Crippen molar-refractivity contribution in [3.05, 3.63) is 35.9 Å². The molecule has 118 valence electrons. The van der Waals surface area contributed by atoms with Gasteiger partial charge in [-0.05, 0) is 18.9 Å². The molecule has 3 atom stereocenters. The Bertz CT molecular complexity index is 539. The van der Waals surface area contributed by atoms with Gasteiger partial charge >= 0.3 is 5.97 Å². The summed E-state index contributed by atoms with van der Waals surface area (Å²) >= 11 is 0. The van der Waals surface area contributed by atoms with Crippen LogP contribution in [0, 0.1) is 17.2 Å². The number of esters is 1. The number of hydrogen-bond donors (Lipinski definition) is 1. The average Bonchev–Trinajstić information content (AvgIpc) is 2.55. The predicted molar refractivity (Wildman–Crippen MR) is 79.5 cm³/mol. The molecule has 0 fully saturated rings. The summed E-state index contributed by atoms with van der Waals surface area (Å²) in [5, 5.41) is 11.5. The number of rotatable bonds is 7. The molecule has 0 spiro atoms. The van der Waals surface area contributed by atoms with Crippen LogP contribution in [0.15, 0.2) is 30.3 Å². The van der Waals surface area contributed by atoms with Crippen LogP contribution in [0.3, 0.4) is 0 Å². The largest absolute Gasteiger partial charge is 0.467 e. The Labute approximate surface area is 130 Å². The third-order valence-electron chi connectivity index (χ3n) is 3.19. The first kappa shape index (κ1) is 17.7. The Morgan fingerprint density at radius 2 is 1.91 bits per heavy atom. The summed E-state index contributed by atoms with van der Waals surface area (Å²) in [6, 6.07) is 10.1. The van der Waals surface area contributed by atoms with E-state index in [1.807, 2.05) is 12.1 Å². The molecule has 22 heavy (non-hydrogen) atoms. The lowest BCUT2D eigenvalue weighted by molar-refractivity contribution is -0.147. The molecule has 0 aliphatic heterocycles. The summed E-state index contributed by atoms with van der Waals surface area (Å²) in [6.45, 7) is 1.67. The summed E-state index contributed by atoms with van der Waals surface area (Å²) in [7, 11) is 2.66. The number of nitrogens with one attached hydrogen (secondary N) is 1. The molecular formula is C16H20N2O4. The minimum atomic E-state index is -0.881. The Morgan fingerprint density at radius 3 is 2.41 bits per heavy atom. The molecule has 0 saturated heterocycles. The van der Waals surface area contributed by atoms with Crippen molar-refractivity contribution >= 4 is 11.9 Å². The number of amides is 1. The molecule has 0 aliphatic carbocycles. The Kier molecular flexibility index (Phi) is 7.06. The van der Waals surface area contributed by atoms with E-state index in [1.54, 1.807) is 31.2 Å². The average molecular weight is 304 g/mol. The SMILES string of the molecule is COC(=O)[C@@H](C[C@H](C)C#N)NC(=O)[C@H](OC)c1ccccc1. The molecular weight excluding hydrogens is 284 g/mol. The number of carbonyl (C=O) groups excluding carboxylic acids is 2. The highest BCUT2D eigenvalue weighted by Crippen LogP contribution is 2.17. The first-order valence-corrected chi connectivity index (χ1v) is 6.89. The van der Waals surface area contributed by atoms with Crippen molar-refractivity contribution in [2.75, 3.05) is 14.2 Å². The smallest absolute Gasteiger partial charge is 0.328 e. The molecule has 0 radical (unpaired) electrons. The number of carbonyl (C=O) groups is 2. The molecule has 1 aromatic rings. The van der Waals surface area contributed by atoms with Crippen molar-refractivity contribution in [3.8, 4) is 6.07 Å².